The lowest BCUT2D eigenvalue weighted by Gasteiger charge is -2.09. The van der Waals surface area contributed by atoms with Crippen molar-refractivity contribution in [2.75, 3.05) is 0 Å². The van der Waals surface area contributed by atoms with E-state index in [1.54, 1.807) is 0 Å². The highest BCUT2D eigenvalue weighted by molar-refractivity contribution is 9.10. The van der Waals surface area contributed by atoms with E-state index in [1.165, 1.54) is 0 Å². The van der Waals surface area contributed by atoms with Crippen LogP contribution in [0.5, 0.6) is 0 Å². The average molecular weight is 354 g/mol. The SMILES string of the molecule is Cc1c(Br)cccc1-n1c(=S)[nH]c2c(Cl)cccc21. The van der Waals surface area contributed by atoms with Crippen molar-refractivity contribution in [3.8, 4) is 5.69 Å². The van der Waals surface area contributed by atoms with Crippen LogP contribution in [0, 0.1) is 11.7 Å². The third kappa shape index (κ3) is 2.04. The number of nitrogens with one attached hydrogen (secondary N) is 1. The van der Waals surface area contributed by atoms with Crippen molar-refractivity contribution in [1.29, 1.82) is 0 Å². The molecule has 0 aliphatic heterocycles. The van der Waals surface area contributed by atoms with Gasteiger partial charge in [-0.05, 0) is 49.0 Å². The molecule has 2 nitrogen and oxygen atoms in total. The van der Waals surface area contributed by atoms with Gasteiger partial charge in [-0.1, -0.05) is 39.7 Å². The van der Waals surface area contributed by atoms with E-state index in [1.807, 2.05) is 41.0 Å². The Hall–Kier alpha value is -1.10. The summed E-state index contributed by atoms with van der Waals surface area (Å²) in [7, 11) is 0. The van der Waals surface area contributed by atoms with Crippen molar-refractivity contribution in [1.82, 2.24) is 9.55 Å². The molecule has 0 spiro atoms. The summed E-state index contributed by atoms with van der Waals surface area (Å²) >= 11 is 15.2. The highest BCUT2D eigenvalue weighted by Crippen LogP contribution is 2.29. The Balaban J connectivity index is 2.44. The van der Waals surface area contributed by atoms with Gasteiger partial charge in [-0.3, -0.25) is 4.57 Å². The topological polar surface area (TPSA) is 20.7 Å². The first kappa shape index (κ1) is 12.9. The highest BCUT2D eigenvalue weighted by Gasteiger charge is 2.11. The maximum absolute atomic E-state index is 6.20. The summed E-state index contributed by atoms with van der Waals surface area (Å²) in [6.45, 7) is 2.06. The van der Waals surface area contributed by atoms with Crippen molar-refractivity contribution in [2.45, 2.75) is 6.92 Å². The zero-order chi connectivity index (χ0) is 13.6. The van der Waals surface area contributed by atoms with Gasteiger partial charge in [0.25, 0.3) is 0 Å². The van der Waals surface area contributed by atoms with Gasteiger partial charge >= 0.3 is 0 Å². The molecule has 19 heavy (non-hydrogen) atoms. The first-order valence-corrected chi connectivity index (χ1v) is 7.32. The molecular weight excluding hydrogens is 344 g/mol. The first-order valence-electron chi connectivity index (χ1n) is 5.74. The smallest absolute Gasteiger partial charge is 0.182 e. The van der Waals surface area contributed by atoms with Gasteiger partial charge in [-0.25, -0.2) is 0 Å². The zero-order valence-electron chi connectivity index (χ0n) is 10.1. The molecule has 0 aliphatic carbocycles. The Labute approximate surface area is 129 Å². The number of rotatable bonds is 1. The minimum Gasteiger partial charge on any atom is -0.329 e. The molecule has 0 unspecified atom stereocenters. The maximum atomic E-state index is 6.20. The van der Waals surface area contributed by atoms with Crippen molar-refractivity contribution in [3.63, 3.8) is 0 Å². The molecule has 3 aromatic rings. The number of nitrogens with zero attached hydrogens (tertiary/aromatic N) is 1. The summed E-state index contributed by atoms with van der Waals surface area (Å²) in [6.07, 6.45) is 0. The fourth-order valence-electron chi connectivity index (χ4n) is 2.17. The largest absolute Gasteiger partial charge is 0.329 e. The molecule has 0 fully saturated rings. The second-order valence-electron chi connectivity index (χ2n) is 4.28. The molecule has 0 radical (unpaired) electrons. The zero-order valence-corrected chi connectivity index (χ0v) is 13.2. The predicted octanol–water partition coefficient (Wildman–Crippen LogP) is 5.41. The van der Waals surface area contributed by atoms with Crippen LogP contribution in [0.4, 0.5) is 0 Å². The summed E-state index contributed by atoms with van der Waals surface area (Å²) in [5.41, 5.74) is 4.04. The van der Waals surface area contributed by atoms with E-state index < -0.39 is 0 Å². The quantitative estimate of drug-likeness (QED) is 0.580. The molecule has 0 saturated carbocycles. The minimum atomic E-state index is 0.643. The van der Waals surface area contributed by atoms with Crippen LogP contribution >= 0.6 is 39.7 Å². The Kier molecular flexibility index (Phi) is 3.25. The summed E-state index contributed by atoms with van der Waals surface area (Å²) in [4.78, 5) is 3.17. The molecule has 0 aliphatic rings. The number of aromatic amines is 1. The van der Waals surface area contributed by atoms with Crippen molar-refractivity contribution in [3.05, 3.63) is 56.2 Å². The fraction of sp³-hybridized carbons (Fsp3) is 0.0714. The number of benzene rings is 2. The third-order valence-corrected chi connectivity index (χ3v) is 4.61. The third-order valence-electron chi connectivity index (χ3n) is 3.15. The lowest BCUT2D eigenvalue weighted by atomic mass is 10.2. The van der Waals surface area contributed by atoms with E-state index >= 15 is 0 Å². The van der Waals surface area contributed by atoms with Crippen molar-refractivity contribution >= 4 is 50.8 Å². The Bertz CT molecular complexity index is 835. The van der Waals surface area contributed by atoms with Crippen LogP contribution in [0.3, 0.4) is 0 Å². The van der Waals surface area contributed by atoms with Gasteiger partial charge in [0, 0.05) is 4.47 Å². The van der Waals surface area contributed by atoms with Crippen molar-refractivity contribution < 1.29 is 0 Å². The normalized spacial score (nSPS) is 11.1. The van der Waals surface area contributed by atoms with E-state index in [0.29, 0.717) is 9.79 Å². The number of imidazole rings is 1. The van der Waals surface area contributed by atoms with Crippen LogP contribution in [0.2, 0.25) is 5.02 Å². The summed E-state index contributed by atoms with van der Waals surface area (Å²) in [5.74, 6) is 0. The second kappa shape index (κ2) is 4.78. The molecular formula is C14H10BrClN2S. The Morgan fingerprint density at radius 2 is 1.95 bits per heavy atom. The number of fused-ring (bicyclic) bond motifs is 1. The van der Waals surface area contributed by atoms with Gasteiger partial charge in [0.1, 0.15) is 0 Å². The van der Waals surface area contributed by atoms with E-state index in [4.69, 9.17) is 23.8 Å². The lowest BCUT2D eigenvalue weighted by Crippen LogP contribution is -1.97. The molecule has 2 aromatic carbocycles. The number of aromatic nitrogens is 2. The molecule has 5 heteroatoms. The number of para-hydroxylation sites is 1. The van der Waals surface area contributed by atoms with Crippen LogP contribution in [-0.2, 0) is 0 Å². The van der Waals surface area contributed by atoms with E-state index in [0.717, 1.165) is 26.8 Å². The summed E-state index contributed by atoms with van der Waals surface area (Å²) in [5, 5.41) is 0.676. The first-order chi connectivity index (χ1) is 9.09. The van der Waals surface area contributed by atoms with Gasteiger partial charge in [-0.15, -0.1) is 0 Å². The number of halogens is 2. The highest BCUT2D eigenvalue weighted by atomic mass is 79.9. The standard InChI is InChI=1S/C14H10BrClN2S/c1-8-9(15)4-2-6-11(8)18-12-7-3-5-10(16)13(12)17-14(18)19/h2-7H,1H3,(H,17,19). The molecule has 0 atom stereocenters. The number of hydrogen-bond acceptors (Lipinski definition) is 1. The molecule has 0 saturated heterocycles. The maximum Gasteiger partial charge on any atom is 0.182 e. The molecule has 1 N–H and O–H groups in total. The predicted molar refractivity (Wildman–Crippen MR) is 85.9 cm³/mol. The molecule has 0 amide bonds. The van der Waals surface area contributed by atoms with Crippen LogP contribution < -0.4 is 0 Å². The van der Waals surface area contributed by atoms with Crippen LogP contribution in [0.25, 0.3) is 16.7 Å². The van der Waals surface area contributed by atoms with Gasteiger partial charge in [0.05, 0.1) is 21.7 Å². The number of hydrogen-bond donors (Lipinski definition) is 1. The monoisotopic (exact) mass is 352 g/mol. The summed E-state index contributed by atoms with van der Waals surface area (Å²) < 4.78 is 3.71. The van der Waals surface area contributed by atoms with Crippen LogP contribution in [-0.4, -0.2) is 9.55 Å². The van der Waals surface area contributed by atoms with Crippen molar-refractivity contribution in [2.24, 2.45) is 0 Å². The van der Waals surface area contributed by atoms with Gasteiger partial charge in [0.15, 0.2) is 4.77 Å². The second-order valence-corrected chi connectivity index (χ2v) is 5.93. The van der Waals surface area contributed by atoms with E-state index in [-0.39, 0.29) is 0 Å². The molecule has 3 rings (SSSR count). The van der Waals surface area contributed by atoms with Crippen LogP contribution in [0.1, 0.15) is 5.56 Å². The number of H-pyrrole nitrogens is 1. The molecule has 1 heterocycles. The average Bonchev–Trinajstić information content (AvgIpc) is 2.71. The minimum absolute atomic E-state index is 0.643. The Morgan fingerprint density at radius 1 is 1.21 bits per heavy atom. The molecule has 0 bridgehead atoms. The van der Waals surface area contributed by atoms with E-state index in [9.17, 15) is 0 Å². The Morgan fingerprint density at radius 3 is 2.74 bits per heavy atom. The van der Waals surface area contributed by atoms with Gasteiger partial charge < -0.3 is 4.98 Å². The van der Waals surface area contributed by atoms with Gasteiger partial charge in [0.2, 0.25) is 0 Å². The molecule has 96 valence electrons. The lowest BCUT2D eigenvalue weighted by molar-refractivity contribution is 1.05. The van der Waals surface area contributed by atoms with E-state index in [2.05, 4.69) is 27.8 Å². The fourth-order valence-corrected chi connectivity index (χ4v) is 3.04. The van der Waals surface area contributed by atoms with Crippen LogP contribution in [0.15, 0.2) is 40.9 Å². The summed E-state index contributed by atoms with van der Waals surface area (Å²) in [6, 6.07) is 11.9. The van der Waals surface area contributed by atoms with Gasteiger partial charge in [-0.2, -0.15) is 0 Å². The molecule has 1 aromatic heterocycles.